The average molecular weight is 463 g/mol. The molecule has 0 unspecified atom stereocenters. The fourth-order valence-electron chi connectivity index (χ4n) is 5.22. The van der Waals surface area contributed by atoms with Gasteiger partial charge in [0.15, 0.2) is 5.65 Å². The molecule has 1 spiro atoms. The number of nitrogens with two attached hydrogens (primary N) is 1. The minimum absolute atomic E-state index is 0.0191. The number of rotatable bonds is 1. The number of aromatic amines is 1. The fourth-order valence-corrected chi connectivity index (χ4v) is 5.22. The maximum Gasteiger partial charge on any atom is 0.213 e. The van der Waals surface area contributed by atoms with Crippen LogP contribution in [0.3, 0.4) is 0 Å². The molecule has 174 valence electrons. The molecule has 2 fully saturated rings. The second-order valence-electron chi connectivity index (χ2n) is 9.20. The van der Waals surface area contributed by atoms with E-state index in [0.717, 1.165) is 31.9 Å². The van der Waals surface area contributed by atoms with Crippen molar-refractivity contribution in [3.63, 3.8) is 0 Å². The number of imidazole rings is 1. The zero-order valence-electron chi connectivity index (χ0n) is 18.7. The van der Waals surface area contributed by atoms with Crippen LogP contribution in [-0.4, -0.2) is 51.2 Å². The molecule has 0 aliphatic carbocycles. The van der Waals surface area contributed by atoms with E-state index in [-0.39, 0.29) is 23.1 Å². The van der Waals surface area contributed by atoms with Gasteiger partial charge in [0.05, 0.1) is 29.2 Å². The molecule has 3 N–H and O–H groups in total. The molecule has 7 nitrogen and oxygen atoms in total. The Balaban J connectivity index is 1.36. The Morgan fingerprint density at radius 3 is 2.68 bits per heavy atom. The third kappa shape index (κ3) is 3.17. The van der Waals surface area contributed by atoms with Gasteiger partial charge in [0.25, 0.3) is 0 Å². The summed E-state index contributed by atoms with van der Waals surface area (Å²) in [7, 11) is 0. The van der Waals surface area contributed by atoms with Gasteiger partial charge in [0, 0.05) is 43.1 Å². The zero-order chi connectivity index (χ0) is 23.4. The van der Waals surface area contributed by atoms with Crippen molar-refractivity contribution >= 4 is 22.6 Å². The standard InChI is InChI=1S/C25H24F2N6O/c1-15-21(28)25(14-34-15)7-10-32(11-8-25)24-31-22-20(23-29-9-12-33(23)24)16(13-30-22)5-6-17-18(26)3-2-4-19(17)27/h2-4,9,12-13,15,21,30H,7-8,10-11,14,28H2,1H3/t15-,21+/m0/s1. The number of hydrogen-bond donors (Lipinski definition) is 2. The highest BCUT2D eigenvalue weighted by molar-refractivity contribution is 5.96. The highest BCUT2D eigenvalue weighted by Gasteiger charge is 2.47. The van der Waals surface area contributed by atoms with Crippen molar-refractivity contribution in [2.75, 3.05) is 24.6 Å². The molecule has 1 aromatic carbocycles. The highest BCUT2D eigenvalue weighted by Crippen LogP contribution is 2.42. The van der Waals surface area contributed by atoms with Gasteiger partial charge < -0.3 is 20.4 Å². The first-order chi connectivity index (χ1) is 16.5. The van der Waals surface area contributed by atoms with Crippen LogP contribution in [0.2, 0.25) is 0 Å². The van der Waals surface area contributed by atoms with Crippen molar-refractivity contribution in [3.8, 4) is 11.8 Å². The van der Waals surface area contributed by atoms with Crippen molar-refractivity contribution in [1.29, 1.82) is 0 Å². The average Bonchev–Trinajstić information content (AvgIpc) is 3.54. The number of ether oxygens (including phenoxy) is 1. The van der Waals surface area contributed by atoms with E-state index in [1.807, 2.05) is 17.5 Å². The SMILES string of the molecule is C[C@@H]1OCC2(CCN(c3nc4[nH]cc(C#Cc5c(F)cccc5F)c4c4nccn34)CC2)[C@@H]1N. The van der Waals surface area contributed by atoms with Gasteiger partial charge in [-0.1, -0.05) is 17.9 Å². The number of nitrogens with one attached hydrogen (secondary N) is 1. The van der Waals surface area contributed by atoms with E-state index in [0.29, 0.717) is 28.9 Å². The van der Waals surface area contributed by atoms with Crippen LogP contribution >= 0.6 is 0 Å². The Morgan fingerprint density at radius 1 is 1.21 bits per heavy atom. The molecule has 0 amide bonds. The number of piperidine rings is 1. The number of H-pyrrole nitrogens is 1. The number of aromatic nitrogens is 4. The van der Waals surface area contributed by atoms with E-state index in [1.54, 1.807) is 12.4 Å². The molecule has 2 saturated heterocycles. The molecule has 4 aromatic rings. The maximum absolute atomic E-state index is 14.0. The number of halogens is 2. The van der Waals surface area contributed by atoms with Gasteiger partial charge in [-0.15, -0.1) is 0 Å². The van der Waals surface area contributed by atoms with Crippen molar-refractivity contribution in [3.05, 3.63) is 59.6 Å². The van der Waals surface area contributed by atoms with E-state index in [2.05, 4.69) is 26.7 Å². The summed E-state index contributed by atoms with van der Waals surface area (Å²) in [5.74, 6) is 4.93. The summed E-state index contributed by atoms with van der Waals surface area (Å²) in [5.41, 5.74) is 8.13. The second kappa shape index (κ2) is 7.79. The number of hydrogen-bond acceptors (Lipinski definition) is 5. The minimum Gasteiger partial charge on any atom is -0.376 e. The quantitative estimate of drug-likeness (QED) is 0.425. The molecule has 3 aromatic heterocycles. The lowest BCUT2D eigenvalue weighted by molar-refractivity contribution is 0.0973. The Kier molecular flexibility index (Phi) is 4.83. The highest BCUT2D eigenvalue weighted by atomic mass is 19.1. The van der Waals surface area contributed by atoms with Gasteiger partial charge in [0.2, 0.25) is 5.95 Å². The van der Waals surface area contributed by atoms with Crippen LogP contribution in [0.1, 0.15) is 30.9 Å². The maximum atomic E-state index is 14.0. The molecule has 2 atom stereocenters. The van der Waals surface area contributed by atoms with Crippen LogP contribution in [0, 0.1) is 28.9 Å². The number of anilines is 1. The summed E-state index contributed by atoms with van der Waals surface area (Å²) < 4.78 is 35.8. The lowest BCUT2D eigenvalue weighted by Gasteiger charge is -2.41. The van der Waals surface area contributed by atoms with E-state index in [1.165, 1.54) is 18.2 Å². The number of fused-ring (bicyclic) bond motifs is 3. The summed E-state index contributed by atoms with van der Waals surface area (Å²) in [6.07, 6.45) is 7.23. The monoisotopic (exact) mass is 462 g/mol. The van der Waals surface area contributed by atoms with Crippen LogP contribution < -0.4 is 10.6 Å². The third-order valence-corrected chi connectivity index (χ3v) is 7.32. The van der Waals surface area contributed by atoms with Gasteiger partial charge in [-0.2, -0.15) is 4.98 Å². The van der Waals surface area contributed by atoms with Gasteiger partial charge in [0.1, 0.15) is 17.3 Å². The van der Waals surface area contributed by atoms with E-state index >= 15 is 0 Å². The second-order valence-corrected chi connectivity index (χ2v) is 9.20. The van der Waals surface area contributed by atoms with E-state index in [9.17, 15) is 8.78 Å². The van der Waals surface area contributed by atoms with Gasteiger partial charge in [-0.3, -0.25) is 4.40 Å². The Hall–Kier alpha value is -3.48. The molecule has 0 radical (unpaired) electrons. The summed E-state index contributed by atoms with van der Waals surface area (Å²) in [4.78, 5) is 14.8. The fraction of sp³-hybridized carbons (Fsp3) is 0.360. The molecule has 2 aliphatic heterocycles. The molecule has 0 saturated carbocycles. The van der Waals surface area contributed by atoms with Crippen LogP contribution in [0.15, 0.2) is 36.8 Å². The number of nitrogens with zero attached hydrogens (tertiary/aromatic N) is 4. The van der Waals surface area contributed by atoms with Crippen molar-refractivity contribution in [1.82, 2.24) is 19.4 Å². The van der Waals surface area contributed by atoms with Crippen molar-refractivity contribution in [2.24, 2.45) is 11.1 Å². The van der Waals surface area contributed by atoms with Gasteiger partial charge in [-0.25, -0.2) is 13.8 Å². The molecule has 2 aliphatic rings. The van der Waals surface area contributed by atoms with Gasteiger partial charge in [-0.05, 0) is 31.9 Å². The summed E-state index contributed by atoms with van der Waals surface area (Å²) >= 11 is 0. The van der Waals surface area contributed by atoms with Crippen molar-refractivity contribution in [2.45, 2.75) is 31.9 Å². The molecule has 34 heavy (non-hydrogen) atoms. The molecule has 9 heteroatoms. The Labute approximate surface area is 194 Å². The van der Waals surface area contributed by atoms with Crippen LogP contribution in [-0.2, 0) is 4.74 Å². The first-order valence-electron chi connectivity index (χ1n) is 11.4. The van der Waals surface area contributed by atoms with Crippen LogP contribution in [0.25, 0.3) is 16.7 Å². The van der Waals surface area contributed by atoms with Gasteiger partial charge >= 0.3 is 0 Å². The first kappa shape index (κ1) is 21.1. The summed E-state index contributed by atoms with van der Waals surface area (Å²) in [5, 5.41) is 0.714. The molecule has 0 bridgehead atoms. The Morgan fingerprint density at radius 2 is 1.97 bits per heavy atom. The molecular formula is C25H24F2N6O. The number of benzene rings is 1. The van der Waals surface area contributed by atoms with E-state index in [4.69, 9.17) is 15.5 Å². The summed E-state index contributed by atoms with van der Waals surface area (Å²) in [6.45, 7) is 4.38. The van der Waals surface area contributed by atoms with E-state index < -0.39 is 11.6 Å². The molecule has 6 rings (SSSR count). The predicted octanol–water partition coefficient (Wildman–Crippen LogP) is 3.22. The predicted molar refractivity (Wildman–Crippen MR) is 124 cm³/mol. The normalized spacial score (nSPS) is 21.9. The van der Waals surface area contributed by atoms with Crippen LogP contribution in [0.5, 0.6) is 0 Å². The largest absolute Gasteiger partial charge is 0.376 e. The van der Waals surface area contributed by atoms with Crippen molar-refractivity contribution < 1.29 is 13.5 Å². The smallest absolute Gasteiger partial charge is 0.213 e. The lowest BCUT2D eigenvalue weighted by atomic mass is 9.73. The topological polar surface area (TPSA) is 84.5 Å². The Bertz CT molecular complexity index is 1440. The zero-order valence-corrected chi connectivity index (χ0v) is 18.7. The summed E-state index contributed by atoms with van der Waals surface area (Å²) in [6, 6.07) is 3.74. The molecule has 5 heterocycles. The molecular weight excluding hydrogens is 438 g/mol. The minimum atomic E-state index is -0.691. The first-order valence-corrected chi connectivity index (χ1v) is 11.4. The lowest BCUT2D eigenvalue weighted by Crippen LogP contribution is -2.51. The third-order valence-electron chi connectivity index (χ3n) is 7.32. The van der Waals surface area contributed by atoms with Crippen LogP contribution in [0.4, 0.5) is 14.7 Å².